The highest BCUT2D eigenvalue weighted by Gasteiger charge is 2.25. The van der Waals surface area contributed by atoms with E-state index in [0.29, 0.717) is 6.16 Å². The molecule has 1 nitrogen and oxygen atoms in total. The van der Waals surface area contributed by atoms with Crippen molar-refractivity contribution in [1.82, 2.24) is 0 Å². The van der Waals surface area contributed by atoms with Gasteiger partial charge in [0.15, 0.2) is 0 Å². The molecule has 0 spiro atoms. The van der Waals surface area contributed by atoms with Gasteiger partial charge < -0.3 is 4.79 Å². The third-order valence-electron chi connectivity index (χ3n) is 1.84. The van der Waals surface area contributed by atoms with E-state index in [4.69, 9.17) is 11.8 Å². The van der Waals surface area contributed by atoms with Crippen LogP contribution in [0.2, 0.25) is 0 Å². The molecule has 0 radical (unpaired) electrons. The van der Waals surface area contributed by atoms with Crippen molar-refractivity contribution in [2.45, 2.75) is 25.9 Å². The molecular formula is C7H15OPS. The summed E-state index contributed by atoms with van der Waals surface area (Å²) in [6.45, 7) is 8.38. The van der Waals surface area contributed by atoms with Crippen molar-refractivity contribution in [3.63, 3.8) is 0 Å². The molecule has 0 aromatic carbocycles. The average molecular weight is 178 g/mol. The van der Waals surface area contributed by atoms with E-state index in [1.54, 1.807) is 0 Å². The van der Waals surface area contributed by atoms with Gasteiger partial charge in [0, 0.05) is 6.16 Å². The quantitative estimate of drug-likeness (QED) is 0.476. The van der Waals surface area contributed by atoms with E-state index in [9.17, 15) is 4.79 Å². The first-order valence-corrected chi connectivity index (χ1v) is 6.75. The van der Waals surface area contributed by atoms with Gasteiger partial charge >= 0.3 is 0 Å². The summed E-state index contributed by atoms with van der Waals surface area (Å²) in [4.78, 5) is 10.2. The molecular weight excluding hydrogens is 163 g/mol. The summed E-state index contributed by atoms with van der Waals surface area (Å²) >= 11 is 5.36. The second-order valence-electron chi connectivity index (χ2n) is 3.62. The zero-order valence-electron chi connectivity index (χ0n) is 7.05. The van der Waals surface area contributed by atoms with E-state index < -0.39 is 6.04 Å². The summed E-state index contributed by atoms with van der Waals surface area (Å²) in [6.07, 6.45) is 1.53. The van der Waals surface area contributed by atoms with Crippen LogP contribution in [0.4, 0.5) is 0 Å². The zero-order chi connectivity index (χ0) is 8.41. The van der Waals surface area contributed by atoms with Crippen LogP contribution in [0.5, 0.6) is 0 Å². The second kappa shape index (κ2) is 3.15. The highest BCUT2D eigenvalue weighted by molar-refractivity contribution is 8.15. The molecule has 1 unspecified atom stereocenters. The van der Waals surface area contributed by atoms with Crippen LogP contribution in [0.25, 0.3) is 0 Å². The first-order chi connectivity index (χ1) is 4.31. The third kappa shape index (κ3) is 2.51. The fourth-order valence-corrected chi connectivity index (χ4v) is 1.43. The Bertz CT molecular complexity index is 169. The third-order valence-corrected chi connectivity index (χ3v) is 7.62. The van der Waals surface area contributed by atoms with Crippen LogP contribution >= 0.6 is 6.04 Å². The summed E-state index contributed by atoms with van der Waals surface area (Å²) in [6, 6.07) is -1.41. The molecule has 0 fully saturated rings. The number of carbonyl (C=O) groups is 1. The maximum atomic E-state index is 10.2. The minimum Gasteiger partial charge on any atom is -0.303 e. The number of aldehydes is 1. The summed E-state index contributed by atoms with van der Waals surface area (Å²) in [5, 5.41) is 0.142. The van der Waals surface area contributed by atoms with E-state index in [-0.39, 0.29) is 5.16 Å². The standard InChI is InChI=1S/C7H15OPS/c1-7(2,3)9(4,10)6-5-8/h5H,6H2,1-4H3. The van der Waals surface area contributed by atoms with Crippen molar-refractivity contribution in [2.75, 3.05) is 12.8 Å². The van der Waals surface area contributed by atoms with E-state index in [0.717, 1.165) is 6.29 Å². The van der Waals surface area contributed by atoms with Crippen molar-refractivity contribution >= 4 is 24.1 Å². The van der Waals surface area contributed by atoms with Gasteiger partial charge in [-0.2, -0.15) is 0 Å². The van der Waals surface area contributed by atoms with Crippen LogP contribution in [0.15, 0.2) is 0 Å². The van der Waals surface area contributed by atoms with Crippen LogP contribution in [0.3, 0.4) is 0 Å². The van der Waals surface area contributed by atoms with Crippen LogP contribution in [-0.2, 0) is 16.6 Å². The lowest BCUT2D eigenvalue weighted by Gasteiger charge is -2.29. The first kappa shape index (κ1) is 10.3. The minimum absolute atomic E-state index is 0.142. The normalized spacial score (nSPS) is 18.0. The number of hydrogen-bond acceptors (Lipinski definition) is 2. The van der Waals surface area contributed by atoms with Gasteiger partial charge in [-0.25, -0.2) is 0 Å². The van der Waals surface area contributed by atoms with Gasteiger partial charge in [0.1, 0.15) is 6.29 Å². The monoisotopic (exact) mass is 178 g/mol. The molecule has 10 heavy (non-hydrogen) atoms. The van der Waals surface area contributed by atoms with Gasteiger partial charge in [-0.3, -0.25) is 0 Å². The molecule has 60 valence electrons. The Hall–Kier alpha value is 0.320. The Kier molecular flexibility index (Phi) is 3.25. The molecule has 0 heterocycles. The lowest BCUT2D eigenvalue weighted by Crippen LogP contribution is -2.16. The van der Waals surface area contributed by atoms with Crippen LogP contribution in [-0.4, -0.2) is 24.3 Å². The van der Waals surface area contributed by atoms with E-state index in [1.165, 1.54) is 0 Å². The molecule has 0 N–H and O–H groups in total. The molecule has 0 saturated carbocycles. The molecule has 0 aromatic rings. The molecule has 0 aromatic heterocycles. The van der Waals surface area contributed by atoms with E-state index in [2.05, 4.69) is 27.4 Å². The van der Waals surface area contributed by atoms with Gasteiger partial charge in [0.25, 0.3) is 0 Å². The maximum Gasteiger partial charge on any atom is 0.125 e. The van der Waals surface area contributed by atoms with Gasteiger partial charge in [-0.05, 0) is 17.9 Å². The number of hydrogen-bond donors (Lipinski definition) is 0. The number of rotatable bonds is 2. The molecule has 0 aliphatic carbocycles. The summed E-state index contributed by atoms with van der Waals surface area (Å²) < 4.78 is 0. The van der Waals surface area contributed by atoms with Crippen LogP contribution < -0.4 is 0 Å². The topological polar surface area (TPSA) is 17.1 Å². The predicted molar refractivity (Wildman–Crippen MR) is 50.9 cm³/mol. The lowest BCUT2D eigenvalue weighted by atomic mass is 10.3. The zero-order valence-corrected chi connectivity index (χ0v) is 8.76. The lowest BCUT2D eigenvalue weighted by molar-refractivity contribution is -0.105. The highest BCUT2D eigenvalue weighted by atomic mass is 32.4. The molecule has 0 saturated heterocycles. The van der Waals surface area contributed by atoms with E-state index in [1.807, 2.05) is 0 Å². The Morgan fingerprint density at radius 1 is 1.50 bits per heavy atom. The molecule has 0 aliphatic heterocycles. The van der Waals surface area contributed by atoms with Gasteiger partial charge in [-0.15, -0.1) is 0 Å². The molecule has 0 amide bonds. The molecule has 3 heteroatoms. The van der Waals surface area contributed by atoms with Crippen molar-refractivity contribution in [1.29, 1.82) is 0 Å². The van der Waals surface area contributed by atoms with Crippen LogP contribution in [0, 0.1) is 0 Å². The Labute approximate surface area is 68.2 Å². The van der Waals surface area contributed by atoms with Gasteiger partial charge in [-0.1, -0.05) is 32.6 Å². The average Bonchev–Trinajstić information content (AvgIpc) is 1.61. The van der Waals surface area contributed by atoms with Crippen molar-refractivity contribution < 1.29 is 4.79 Å². The Balaban J connectivity index is 4.41. The number of carbonyl (C=O) groups excluding carboxylic acids is 1. The van der Waals surface area contributed by atoms with Gasteiger partial charge in [0.2, 0.25) is 0 Å². The van der Waals surface area contributed by atoms with Crippen LogP contribution in [0.1, 0.15) is 20.8 Å². The second-order valence-corrected chi connectivity index (χ2v) is 9.95. The summed E-state index contributed by atoms with van der Waals surface area (Å²) in [7, 11) is 0. The molecule has 0 aliphatic rings. The molecule has 1 atom stereocenters. The Morgan fingerprint density at radius 2 is 1.90 bits per heavy atom. The summed E-state index contributed by atoms with van der Waals surface area (Å²) in [5.74, 6) is 0. The summed E-state index contributed by atoms with van der Waals surface area (Å²) in [5.41, 5.74) is 0. The minimum atomic E-state index is -1.41. The van der Waals surface area contributed by atoms with Crippen molar-refractivity contribution in [3.05, 3.63) is 0 Å². The first-order valence-electron chi connectivity index (χ1n) is 3.31. The smallest absolute Gasteiger partial charge is 0.125 e. The SMILES string of the molecule is CC(C)(C)P(C)(=S)CC=O. The van der Waals surface area contributed by atoms with Crippen molar-refractivity contribution in [2.24, 2.45) is 0 Å². The molecule has 0 bridgehead atoms. The largest absolute Gasteiger partial charge is 0.303 e. The highest BCUT2D eigenvalue weighted by Crippen LogP contribution is 2.53. The fraction of sp³-hybridized carbons (Fsp3) is 0.857. The van der Waals surface area contributed by atoms with E-state index >= 15 is 0 Å². The van der Waals surface area contributed by atoms with Gasteiger partial charge in [0.05, 0.1) is 0 Å². The molecule has 0 rings (SSSR count). The maximum absolute atomic E-state index is 10.2. The van der Waals surface area contributed by atoms with Crippen molar-refractivity contribution in [3.8, 4) is 0 Å². The Morgan fingerprint density at radius 3 is 2.00 bits per heavy atom. The predicted octanol–water partition coefficient (Wildman–Crippen LogP) is 2.09. The fourth-order valence-electron chi connectivity index (χ4n) is 0.416.